The van der Waals surface area contributed by atoms with Crippen LogP contribution in [0.3, 0.4) is 0 Å². The van der Waals surface area contributed by atoms with Crippen molar-refractivity contribution in [2.24, 2.45) is 0 Å². The van der Waals surface area contributed by atoms with Crippen molar-refractivity contribution >= 4 is 5.91 Å². The summed E-state index contributed by atoms with van der Waals surface area (Å²) in [5.41, 5.74) is 1.42. The first-order valence-corrected chi connectivity index (χ1v) is 8.67. The SMILES string of the molecule is N#C/C(=C/N1CCN(Cc2ccccc2)CC1)C(=O)NCc1ccco1. The molecule has 0 unspecified atom stereocenters. The number of carbonyl (C=O) groups excluding carboxylic acids is 1. The maximum absolute atomic E-state index is 12.2. The van der Waals surface area contributed by atoms with Crippen molar-refractivity contribution in [3.05, 3.63) is 71.8 Å². The Morgan fingerprint density at radius 1 is 1.15 bits per heavy atom. The number of furan rings is 1. The maximum atomic E-state index is 12.2. The smallest absolute Gasteiger partial charge is 0.263 e. The van der Waals surface area contributed by atoms with Gasteiger partial charge in [-0.1, -0.05) is 30.3 Å². The van der Waals surface area contributed by atoms with Crippen LogP contribution < -0.4 is 5.32 Å². The van der Waals surface area contributed by atoms with Crippen LogP contribution in [0.4, 0.5) is 0 Å². The van der Waals surface area contributed by atoms with Crippen LogP contribution in [0.2, 0.25) is 0 Å². The largest absolute Gasteiger partial charge is 0.467 e. The van der Waals surface area contributed by atoms with E-state index in [1.165, 1.54) is 5.56 Å². The minimum Gasteiger partial charge on any atom is -0.467 e. The van der Waals surface area contributed by atoms with E-state index in [1.54, 1.807) is 24.6 Å². The van der Waals surface area contributed by atoms with Gasteiger partial charge in [0.25, 0.3) is 5.91 Å². The zero-order valence-electron chi connectivity index (χ0n) is 14.6. The molecule has 1 aromatic heterocycles. The standard InChI is InChI=1S/C20H22N4O2/c21-13-18(20(25)22-14-19-7-4-12-26-19)16-24-10-8-23(9-11-24)15-17-5-2-1-3-6-17/h1-7,12,16H,8-11,14-15H2,(H,22,25)/b18-16-. The molecule has 6 nitrogen and oxygen atoms in total. The average molecular weight is 350 g/mol. The number of carbonyl (C=O) groups is 1. The van der Waals surface area contributed by atoms with E-state index in [0.29, 0.717) is 5.76 Å². The first kappa shape index (κ1) is 17.8. The summed E-state index contributed by atoms with van der Waals surface area (Å²) in [6, 6.07) is 15.9. The van der Waals surface area contributed by atoms with Crippen molar-refractivity contribution < 1.29 is 9.21 Å². The normalized spacial score (nSPS) is 15.5. The van der Waals surface area contributed by atoms with E-state index in [1.807, 2.05) is 17.0 Å². The number of benzene rings is 1. The van der Waals surface area contributed by atoms with Gasteiger partial charge in [0.05, 0.1) is 12.8 Å². The van der Waals surface area contributed by atoms with Crippen molar-refractivity contribution in [2.75, 3.05) is 26.2 Å². The minimum absolute atomic E-state index is 0.119. The molecule has 2 heterocycles. The Balaban J connectivity index is 1.49. The number of piperazine rings is 1. The van der Waals surface area contributed by atoms with Crippen LogP contribution in [0.15, 0.2) is 64.9 Å². The lowest BCUT2D eigenvalue weighted by Gasteiger charge is -2.34. The van der Waals surface area contributed by atoms with E-state index in [0.717, 1.165) is 32.7 Å². The van der Waals surface area contributed by atoms with E-state index >= 15 is 0 Å². The molecule has 134 valence electrons. The van der Waals surface area contributed by atoms with Crippen molar-refractivity contribution in [1.29, 1.82) is 5.26 Å². The molecule has 0 saturated carbocycles. The monoisotopic (exact) mass is 350 g/mol. The first-order chi connectivity index (χ1) is 12.7. The van der Waals surface area contributed by atoms with E-state index in [2.05, 4.69) is 34.5 Å². The Bertz CT molecular complexity index is 770. The predicted octanol–water partition coefficient (Wildman–Crippen LogP) is 2.12. The van der Waals surface area contributed by atoms with E-state index in [9.17, 15) is 10.1 Å². The molecule has 1 aliphatic heterocycles. The van der Waals surface area contributed by atoms with Gasteiger partial charge < -0.3 is 14.6 Å². The highest BCUT2D eigenvalue weighted by Crippen LogP contribution is 2.10. The second-order valence-corrected chi connectivity index (χ2v) is 6.21. The summed E-state index contributed by atoms with van der Waals surface area (Å²) in [7, 11) is 0. The van der Waals surface area contributed by atoms with Gasteiger partial charge in [0.1, 0.15) is 17.4 Å². The summed E-state index contributed by atoms with van der Waals surface area (Å²) in [6.45, 7) is 4.59. The van der Waals surface area contributed by atoms with Gasteiger partial charge in [0.2, 0.25) is 0 Å². The molecular formula is C20H22N4O2. The third kappa shape index (κ3) is 4.98. The Morgan fingerprint density at radius 2 is 1.92 bits per heavy atom. The highest BCUT2D eigenvalue weighted by molar-refractivity contribution is 5.97. The zero-order valence-corrected chi connectivity index (χ0v) is 14.6. The second kappa shape index (κ2) is 8.88. The molecule has 1 aliphatic rings. The topological polar surface area (TPSA) is 72.5 Å². The quantitative estimate of drug-likeness (QED) is 0.638. The number of amides is 1. The fourth-order valence-corrected chi connectivity index (χ4v) is 2.89. The fourth-order valence-electron chi connectivity index (χ4n) is 2.89. The molecular weight excluding hydrogens is 328 g/mol. The lowest BCUT2D eigenvalue weighted by molar-refractivity contribution is -0.117. The van der Waals surface area contributed by atoms with Crippen molar-refractivity contribution in [2.45, 2.75) is 13.1 Å². The summed E-state index contributed by atoms with van der Waals surface area (Å²) in [4.78, 5) is 16.6. The molecule has 0 spiro atoms. The number of rotatable bonds is 6. The summed E-state index contributed by atoms with van der Waals surface area (Å²) in [6.07, 6.45) is 3.22. The van der Waals surface area contributed by atoms with E-state index < -0.39 is 0 Å². The zero-order chi connectivity index (χ0) is 18.2. The first-order valence-electron chi connectivity index (χ1n) is 8.67. The molecule has 0 radical (unpaired) electrons. The van der Waals surface area contributed by atoms with Crippen molar-refractivity contribution in [1.82, 2.24) is 15.1 Å². The lowest BCUT2D eigenvalue weighted by atomic mass is 10.2. The molecule has 1 amide bonds. The molecule has 0 bridgehead atoms. The second-order valence-electron chi connectivity index (χ2n) is 6.21. The molecule has 1 saturated heterocycles. The lowest BCUT2D eigenvalue weighted by Crippen LogP contribution is -2.44. The molecule has 6 heteroatoms. The number of hydrogen-bond donors (Lipinski definition) is 1. The Hall–Kier alpha value is -3.04. The third-order valence-corrected chi connectivity index (χ3v) is 4.34. The number of nitrogens with zero attached hydrogens (tertiary/aromatic N) is 3. The Kier molecular flexibility index (Phi) is 6.07. The summed E-state index contributed by atoms with van der Waals surface area (Å²) >= 11 is 0. The number of hydrogen-bond acceptors (Lipinski definition) is 5. The summed E-state index contributed by atoms with van der Waals surface area (Å²) < 4.78 is 5.17. The highest BCUT2D eigenvalue weighted by Gasteiger charge is 2.17. The third-order valence-electron chi connectivity index (χ3n) is 4.34. The van der Waals surface area contributed by atoms with Gasteiger partial charge in [0.15, 0.2) is 0 Å². The summed E-state index contributed by atoms with van der Waals surface area (Å²) in [5.74, 6) is 0.279. The molecule has 2 aromatic rings. The molecule has 3 rings (SSSR count). The van der Waals surface area contributed by atoms with Crippen LogP contribution in [-0.2, 0) is 17.9 Å². The van der Waals surface area contributed by atoms with Gasteiger partial charge >= 0.3 is 0 Å². The number of nitrogens with one attached hydrogen (secondary N) is 1. The predicted molar refractivity (Wildman–Crippen MR) is 97.5 cm³/mol. The minimum atomic E-state index is -0.379. The van der Waals surface area contributed by atoms with Gasteiger partial charge in [-0.05, 0) is 17.7 Å². The summed E-state index contributed by atoms with van der Waals surface area (Å²) in [5, 5.41) is 12.0. The van der Waals surface area contributed by atoms with E-state index in [4.69, 9.17) is 4.42 Å². The van der Waals surface area contributed by atoms with E-state index in [-0.39, 0.29) is 18.0 Å². The van der Waals surface area contributed by atoms with Crippen LogP contribution in [0.5, 0.6) is 0 Å². The van der Waals surface area contributed by atoms with Crippen LogP contribution >= 0.6 is 0 Å². The average Bonchev–Trinajstić information content (AvgIpc) is 3.20. The van der Waals surface area contributed by atoms with Gasteiger partial charge in [-0.25, -0.2) is 0 Å². The molecule has 1 N–H and O–H groups in total. The van der Waals surface area contributed by atoms with Crippen LogP contribution in [0.1, 0.15) is 11.3 Å². The highest BCUT2D eigenvalue weighted by atomic mass is 16.3. The molecule has 1 fully saturated rings. The molecule has 26 heavy (non-hydrogen) atoms. The fraction of sp³-hybridized carbons (Fsp3) is 0.300. The van der Waals surface area contributed by atoms with Crippen molar-refractivity contribution in [3.8, 4) is 6.07 Å². The van der Waals surface area contributed by atoms with Crippen LogP contribution in [0.25, 0.3) is 0 Å². The molecule has 0 aliphatic carbocycles. The Morgan fingerprint density at radius 3 is 2.58 bits per heavy atom. The Labute approximate surface area is 153 Å². The maximum Gasteiger partial charge on any atom is 0.263 e. The number of nitriles is 1. The molecule has 1 aromatic carbocycles. The van der Waals surface area contributed by atoms with Crippen molar-refractivity contribution in [3.63, 3.8) is 0 Å². The van der Waals surface area contributed by atoms with Gasteiger partial charge in [-0.15, -0.1) is 0 Å². The van der Waals surface area contributed by atoms with Crippen LogP contribution in [-0.4, -0.2) is 41.9 Å². The van der Waals surface area contributed by atoms with Gasteiger partial charge in [0, 0.05) is 38.9 Å². The molecule has 0 atom stereocenters. The van der Waals surface area contributed by atoms with Gasteiger partial charge in [-0.2, -0.15) is 5.26 Å². The van der Waals surface area contributed by atoms with Gasteiger partial charge in [-0.3, -0.25) is 9.69 Å². The van der Waals surface area contributed by atoms with Crippen LogP contribution in [0, 0.1) is 11.3 Å².